The molecule has 0 aliphatic heterocycles. The Labute approximate surface area is 160 Å². The topological polar surface area (TPSA) is 99.8 Å². The zero-order valence-corrected chi connectivity index (χ0v) is 16.8. The summed E-state index contributed by atoms with van der Waals surface area (Å²) in [6.07, 6.45) is 0.620. The van der Waals surface area contributed by atoms with Crippen molar-refractivity contribution in [2.45, 2.75) is 25.2 Å². The molecule has 0 saturated heterocycles. The van der Waals surface area contributed by atoms with E-state index in [1.165, 1.54) is 27.1 Å². The second-order valence-electron chi connectivity index (χ2n) is 6.77. The highest BCUT2D eigenvalue weighted by molar-refractivity contribution is 7.89. The van der Waals surface area contributed by atoms with Crippen LogP contribution in [0.15, 0.2) is 39.6 Å². The summed E-state index contributed by atoms with van der Waals surface area (Å²) in [5.74, 6) is -0.578. The summed E-state index contributed by atoms with van der Waals surface area (Å²) in [5, 5.41) is 12.3. The first-order chi connectivity index (χ1) is 12.6. The molecule has 1 amide bonds. The summed E-state index contributed by atoms with van der Waals surface area (Å²) in [6, 6.07) is 9.22. The van der Waals surface area contributed by atoms with Gasteiger partial charge < -0.3 is 14.8 Å². The number of carbonyl (C=O) groups excluding carboxylic acids is 1. The van der Waals surface area contributed by atoms with Crippen molar-refractivity contribution in [2.24, 2.45) is 5.92 Å². The van der Waals surface area contributed by atoms with Gasteiger partial charge in [0.15, 0.2) is 5.76 Å². The Morgan fingerprint density at radius 3 is 2.41 bits per heavy atom. The van der Waals surface area contributed by atoms with Crippen molar-refractivity contribution in [3.63, 3.8) is 0 Å². The summed E-state index contributed by atoms with van der Waals surface area (Å²) in [5.41, 5.74) is 2.23. The number of aliphatic hydroxyl groups excluding tert-OH is 1. The molecule has 8 heteroatoms. The van der Waals surface area contributed by atoms with E-state index in [9.17, 15) is 18.3 Å². The van der Waals surface area contributed by atoms with Crippen LogP contribution in [0.4, 0.5) is 0 Å². The highest BCUT2D eigenvalue weighted by Crippen LogP contribution is 2.22. The van der Waals surface area contributed by atoms with Crippen LogP contribution in [-0.4, -0.2) is 51.0 Å². The molecule has 0 saturated carbocycles. The van der Waals surface area contributed by atoms with E-state index in [2.05, 4.69) is 5.32 Å². The number of amides is 1. The van der Waals surface area contributed by atoms with Crippen LogP contribution in [0.25, 0.3) is 0 Å². The Hall–Kier alpha value is -2.16. The Bertz CT molecular complexity index is 885. The third-order valence-corrected chi connectivity index (χ3v) is 6.23. The number of aryl methyl sites for hydroxylation is 2. The van der Waals surface area contributed by atoms with Gasteiger partial charge >= 0.3 is 0 Å². The third kappa shape index (κ3) is 5.18. The average molecular weight is 394 g/mol. The molecule has 0 radical (unpaired) electrons. The number of nitrogens with one attached hydrogen (secondary N) is 1. The molecular weight excluding hydrogens is 368 g/mol. The minimum atomic E-state index is -3.68. The van der Waals surface area contributed by atoms with E-state index < -0.39 is 15.9 Å². The first-order valence-electron chi connectivity index (χ1n) is 8.62. The predicted octanol–water partition coefficient (Wildman–Crippen LogP) is 1.73. The van der Waals surface area contributed by atoms with Crippen molar-refractivity contribution < 1.29 is 22.7 Å². The SMILES string of the molecule is Cc1ccc(CC(CO)CNC(=O)c2cc(S(=O)(=O)N(C)C)c(C)o2)cc1. The van der Waals surface area contributed by atoms with Crippen LogP contribution in [0.3, 0.4) is 0 Å². The van der Waals surface area contributed by atoms with Crippen LogP contribution in [0.2, 0.25) is 0 Å². The maximum atomic E-state index is 12.3. The molecular formula is C19H26N2O5S. The molecule has 1 aromatic heterocycles. The van der Waals surface area contributed by atoms with Gasteiger partial charge in [-0.2, -0.15) is 0 Å². The molecule has 1 atom stereocenters. The van der Waals surface area contributed by atoms with Crippen molar-refractivity contribution in [3.8, 4) is 0 Å². The smallest absolute Gasteiger partial charge is 0.287 e. The van der Waals surface area contributed by atoms with E-state index in [4.69, 9.17) is 4.42 Å². The van der Waals surface area contributed by atoms with Gasteiger partial charge in [-0.3, -0.25) is 4.79 Å². The van der Waals surface area contributed by atoms with Gasteiger partial charge in [-0.15, -0.1) is 0 Å². The number of hydrogen-bond donors (Lipinski definition) is 2. The minimum Gasteiger partial charge on any atom is -0.455 e. The van der Waals surface area contributed by atoms with E-state index in [0.29, 0.717) is 6.42 Å². The minimum absolute atomic E-state index is 0.0315. The summed E-state index contributed by atoms with van der Waals surface area (Å²) in [7, 11) is -0.851. The fourth-order valence-electron chi connectivity index (χ4n) is 2.61. The maximum absolute atomic E-state index is 12.3. The quantitative estimate of drug-likeness (QED) is 0.710. The molecule has 0 fully saturated rings. The molecule has 2 aromatic rings. The zero-order valence-electron chi connectivity index (χ0n) is 16.0. The lowest BCUT2D eigenvalue weighted by atomic mass is 9.99. The number of carbonyl (C=O) groups is 1. The van der Waals surface area contributed by atoms with Crippen molar-refractivity contribution >= 4 is 15.9 Å². The third-order valence-electron chi connectivity index (χ3n) is 4.31. The van der Waals surface area contributed by atoms with Crippen molar-refractivity contribution in [1.29, 1.82) is 0 Å². The lowest BCUT2D eigenvalue weighted by molar-refractivity contribution is 0.0911. The number of benzene rings is 1. The zero-order chi connectivity index (χ0) is 20.2. The summed E-state index contributed by atoms with van der Waals surface area (Å²) in [6.45, 7) is 3.68. The maximum Gasteiger partial charge on any atom is 0.287 e. The van der Waals surface area contributed by atoms with Crippen molar-refractivity contribution in [2.75, 3.05) is 27.2 Å². The number of aliphatic hydroxyl groups is 1. The Kier molecular flexibility index (Phi) is 6.80. The first-order valence-corrected chi connectivity index (χ1v) is 10.1. The van der Waals surface area contributed by atoms with Gasteiger partial charge in [0.05, 0.1) is 0 Å². The second-order valence-corrected chi connectivity index (χ2v) is 8.89. The molecule has 148 valence electrons. The second kappa shape index (κ2) is 8.69. The Morgan fingerprint density at radius 2 is 1.85 bits per heavy atom. The van der Waals surface area contributed by atoms with Gasteiger partial charge in [0.1, 0.15) is 10.7 Å². The molecule has 0 aliphatic carbocycles. The molecule has 1 aromatic carbocycles. The van der Waals surface area contributed by atoms with Gasteiger partial charge in [-0.1, -0.05) is 29.8 Å². The number of furan rings is 1. The first kappa shape index (κ1) is 21.1. The highest BCUT2D eigenvalue weighted by Gasteiger charge is 2.26. The standard InChI is InChI=1S/C19H26N2O5S/c1-13-5-7-15(8-6-13)9-16(12-22)11-20-19(23)17-10-18(14(2)26-17)27(24,25)21(3)4/h5-8,10,16,22H,9,11-12H2,1-4H3,(H,20,23). The van der Waals surface area contributed by atoms with Gasteiger partial charge in [0, 0.05) is 39.2 Å². The average Bonchev–Trinajstić information content (AvgIpc) is 3.02. The van der Waals surface area contributed by atoms with Crippen molar-refractivity contribution in [1.82, 2.24) is 9.62 Å². The fraction of sp³-hybridized carbons (Fsp3) is 0.421. The normalized spacial score (nSPS) is 13.0. The predicted molar refractivity (Wildman–Crippen MR) is 102 cm³/mol. The van der Waals surface area contributed by atoms with Crippen LogP contribution < -0.4 is 5.32 Å². The van der Waals surface area contributed by atoms with Gasteiger partial charge in [0.25, 0.3) is 5.91 Å². The lowest BCUT2D eigenvalue weighted by Crippen LogP contribution is -2.31. The van der Waals surface area contributed by atoms with E-state index in [-0.39, 0.29) is 35.5 Å². The summed E-state index contributed by atoms with van der Waals surface area (Å²) >= 11 is 0. The lowest BCUT2D eigenvalue weighted by Gasteiger charge is -2.15. The monoisotopic (exact) mass is 394 g/mol. The summed E-state index contributed by atoms with van der Waals surface area (Å²) in [4.78, 5) is 12.3. The molecule has 0 aliphatic rings. The molecule has 27 heavy (non-hydrogen) atoms. The molecule has 0 spiro atoms. The molecule has 1 heterocycles. The molecule has 2 rings (SSSR count). The highest BCUT2D eigenvalue weighted by atomic mass is 32.2. The van der Waals surface area contributed by atoms with Gasteiger partial charge in [0.2, 0.25) is 10.0 Å². The van der Waals surface area contributed by atoms with E-state index in [0.717, 1.165) is 15.4 Å². The number of nitrogens with zero attached hydrogens (tertiary/aromatic N) is 1. The number of hydrogen-bond acceptors (Lipinski definition) is 5. The van der Waals surface area contributed by atoms with E-state index in [1.807, 2.05) is 31.2 Å². The Balaban J connectivity index is 2.03. The molecule has 1 unspecified atom stereocenters. The van der Waals surface area contributed by atoms with Crippen molar-refractivity contribution in [3.05, 3.63) is 53.0 Å². The van der Waals surface area contributed by atoms with Crippen LogP contribution in [0, 0.1) is 19.8 Å². The molecule has 2 N–H and O–H groups in total. The fourth-order valence-corrected chi connectivity index (χ4v) is 3.67. The number of rotatable bonds is 8. The largest absolute Gasteiger partial charge is 0.455 e. The van der Waals surface area contributed by atoms with E-state index in [1.54, 1.807) is 0 Å². The van der Waals surface area contributed by atoms with Crippen LogP contribution in [0.5, 0.6) is 0 Å². The number of sulfonamides is 1. The van der Waals surface area contributed by atoms with Crippen LogP contribution in [-0.2, 0) is 16.4 Å². The van der Waals surface area contributed by atoms with Gasteiger partial charge in [-0.25, -0.2) is 12.7 Å². The molecule has 7 nitrogen and oxygen atoms in total. The molecule has 0 bridgehead atoms. The summed E-state index contributed by atoms with van der Waals surface area (Å²) < 4.78 is 30.9. The van der Waals surface area contributed by atoms with Gasteiger partial charge in [-0.05, 0) is 25.8 Å². The van der Waals surface area contributed by atoms with Crippen LogP contribution in [0.1, 0.15) is 27.4 Å². The van der Waals surface area contributed by atoms with E-state index >= 15 is 0 Å². The van der Waals surface area contributed by atoms with Crippen LogP contribution >= 0.6 is 0 Å². The Morgan fingerprint density at radius 1 is 1.22 bits per heavy atom.